The van der Waals surface area contributed by atoms with Crippen molar-refractivity contribution in [2.45, 2.75) is 12.7 Å². The van der Waals surface area contributed by atoms with E-state index in [1.165, 1.54) is 0 Å². The molecule has 0 spiro atoms. The van der Waals surface area contributed by atoms with Crippen LogP contribution in [0.4, 0.5) is 0 Å². The topological polar surface area (TPSA) is 29.5 Å². The lowest BCUT2D eigenvalue weighted by Gasteiger charge is -2.13. The Bertz CT molecular complexity index is 802. The van der Waals surface area contributed by atoms with Crippen LogP contribution in [0.1, 0.15) is 22.8 Å². The molecule has 24 heavy (non-hydrogen) atoms. The number of ether oxygens (including phenoxy) is 1. The van der Waals surface area contributed by atoms with Crippen LogP contribution in [0.25, 0.3) is 0 Å². The summed E-state index contributed by atoms with van der Waals surface area (Å²) in [6.07, 6.45) is -0.647. The van der Waals surface area contributed by atoms with Crippen molar-refractivity contribution in [1.82, 2.24) is 0 Å². The molecule has 0 bridgehead atoms. The van der Waals surface area contributed by atoms with Gasteiger partial charge in [-0.05, 0) is 35.4 Å². The maximum atomic E-state index is 10.4. The zero-order chi connectivity index (χ0) is 16.9. The Kier molecular flexibility index (Phi) is 5.41. The molecule has 0 radical (unpaired) electrons. The summed E-state index contributed by atoms with van der Waals surface area (Å²) in [5, 5.41) is 11.6. The maximum Gasteiger partial charge on any atom is 0.119 e. The summed E-state index contributed by atoms with van der Waals surface area (Å²) in [7, 11) is 0. The first kappa shape index (κ1) is 16.8. The monoisotopic (exact) mass is 358 g/mol. The number of hydrogen-bond acceptors (Lipinski definition) is 2. The SMILES string of the molecule is OC(c1ccccc1)c1ccc(OCc2ccc(Cl)cc2Cl)cc1. The summed E-state index contributed by atoms with van der Waals surface area (Å²) in [6.45, 7) is 0.358. The van der Waals surface area contributed by atoms with Crippen LogP contribution in [0.5, 0.6) is 5.75 Å². The summed E-state index contributed by atoms with van der Waals surface area (Å²) in [5.41, 5.74) is 2.55. The van der Waals surface area contributed by atoms with E-state index in [4.69, 9.17) is 27.9 Å². The first-order valence-electron chi connectivity index (χ1n) is 7.53. The van der Waals surface area contributed by atoms with Crippen molar-refractivity contribution in [3.8, 4) is 5.75 Å². The predicted molar refractivity (Wildman–Crippen MR) is 97.7 cm³/mol. The Morgan fingerprint density at radius 3 is 2.17 bits per heavy atom. The van der Waals surface area contributed by atoms with E-state index in [1.807, 2.05) is 60.7 Å². The molecule has 0 saturated carbocycles. The third kappa shape index (κ3) is 4.09. The average Bonchev–Trinajstić information content (AvgIpc) is 2.62. The van der Waals surface area contributed by atoms with Crippen molar-refractivity contribution >= 4 is 23.2 Å². The highest BCUT2D eigenvalue weighted by Gasteiger charge is 2.10. The minimum absolute atomic E-state index is 0.358. The second kappa shape index (κ2) is 7.71. The van der Waals surface area contributed by atoms with Crippen LogP contribution in [0.3, 0.4) is 0 Å². The van der Waals surface area contributed by atoms with E-state index in [9.17, 15) is 5.11 Å². The smallest absolute Gasteiger partial charge is 0.119 e. The normalized spacial score (nSPS) is 12.0. The molecule has 3 rings (SSSR count). The Hall–Kier alpha value is -2.00. The average molecular weight is 359 g/mol. The Morgan fingerprint density at radius 2 is 1.50 bits per heavy atom. The number of hydrogen-bond donors (Lipinski definition) is 1. The molecule has 122 valence electrons. The van der Waals surface area contributed by atoms with Crippen molar-refractivity contribution in [2.24, 2.45) is 0 Å². The number of rotatable bonds is 5. The zero-order valence-corrected chi connectivity index (χ0v) is 14.3. The Labute approximate surface area is 151 Å². The van der Waals surface area contributed by atoms with Gasteiger partial charge in [0.15, 0.2) is 0 Å². The summed E-state index contributed by atoms with van der Waals surface area (Å²) in [4.78, 5) is 0. The van der Waals surface area contributed by atoms with E-state index in [0.717, 1.165) is 16.7 Å². The van der Waals surface area contributed by atoms with Crippen LogP contribution in [-0.2, 0) is 6.61 Å². The fourth-order valence-corrected chi connectivity index (χ4v) is 2.84. The molecule has 0 aliphatic rings. The highest BCUT2D eigenvalue weighted by atomic mass is 35.5. The molecule has 0 amide bonds. The van der Waals surface area contributed by atoms with Gasteiger partial charge in [-0.3, -0.25) is 0 Å². The summed E-state index contributed by atoms with van der Waals surface area (Å²) in [5.74, 6) is 0.713. The van der Waals surface area contributed by atoms with E-state index >= 15 is 0 Å². The number of aliphatic hydroxyl groups is 1. The molecule has 0 fully saturated rings. The lowest BCUT2D eigenvalue weighted by atomic mass is 10.0. The molecule has 3 aromatic rings. The van der Waals surface area contributed by atoms with Gasteiger partial charge >= 0.3 is 0 Å². The first-order valence-corrected chi connectivity index (χ1v) is 8.29. The van der Waals surface area contributed by atoms with Gasteiger partial charge in [-0.15, -0.1) is 0 Å². The molecule has 2 nitrogen and oxygen atoms in total. The molecule has 0 heterocycles. The molecule has 0 saturated heterocycles. The van der Waals surface area contributed by atoms with Crippen LogP contribution < -0.4 is 4.74 Å². The summed E-state index contributed by atoms with van der Waals surface area (Å²) in [6, 6.07) is 22.3. The van der Waals surface area contributed by atoms with Crippen molar-refractivity contribution in [3.05, 3.63) is 99.5 Å². The van der Waals surface area contributed by atoms with Gasteiger partial charge in [-0.2, -0.15) is 0 Å². The van der Waals surface area contributed by atoms with Gasteiger partial charge in [0, 0.05) is 15.6 Å². The van der Waals surface area contributed by atoms with Crippen molar-refractivity contribution < 1.29 is 9.84 Å². The second-order valence-corrected chi connectivity index (χ2v) is 6.25. The minimum atomic E-state index is -0.647. The second-order valence-electron chi connectivity index (χ2n) is 5.41. The quantitative estimate of drug-likeness (QED) is 0.638. The fourth-order valence-electron chi connectivity index (χ4n) is 2.37. The third-order valence-electron chi connectivity index (χ3n) is 3.72. The van der Waals surface area contributed by atoms with Crippen LogP contribution in [-0.4, -0.2) is 5.11 Å². The highest BCUT2D eigenvalue weighted by molar-refractivity contribution is 6.35. The highest BCUT2D eigenvalue weighted by Crippen LogP contribution is 2.25. The van der Waals surface area contributed by atoms with E-state index in [0.29, 0.717) is 22.4 Å². The van der Waals surface area contributed by atoms with Gasteiger partial charge in [0.2, 0.25) is 0 Å². The van der Waals surface area contributed by atoms with Crippen molar-refractivity contribution in [3.63, 3.8) is 0 Å². The molecule has 0 aliphatic carbocycles. The summed E-state index contributed by atoms with van der Waals surface area (Å²) < 4.78 is 5.74. The van der Waals surface area contributed by atoms with Crippen LogP contribution >= 0.6 is 23.2 Å². The fraction of sp³-hybridized carbons (Fsp3) is 0.100. The molecule has 4 heteroatoms. The largest absolute Gasteiger partial charge is 0.489 e. The van der Waals surface area contributed by atoms with E-state index in [2.05, 4.69) is 0 Å². The first-order chi connectivity index (χ1) is 11.6. The standard InChI is InChI=1S/C20H16Cl2O2/c21-17-9-6-16(19(22)12-17)13-24-18-10-7-15(8-11-18)20(23)14-4-2-1-3-5-14/h1-12,20,23H,13H2. The van der Waals surface area contributed by atoms with Gasteiger partial charge in [-0.1, -0.05) is 71.7 Å². The van der Waals surface area contributed by atoms with Crippen LogP contribution in [0.15, 0.2) is 72.8 Å². The lowest BCUT2D eigenvalue weighted by molar-refractivity contribution is 0.220. The molecular formula is C20H16Cl2O2. The van der Waals surface area contributed by atoms with Crippen molar-refractivity contribution in [1.29, 1.82) is 0 Å². The molecular weight excluding hydrogens is 343 g/mol. The third-order valence-corrected chi connectivity index (χ3v) is 4.31. The Balaban J connectivity index is 1.66. The maximum absolute atomic E-state index is 10.4. The van der Waals surface area contributed by atoms with Crippen LogP contribution in [0, 0.1) is 0 Å². The molecule has 1 atom stereocenters. The predicted octanol–water partition coefficient (Wildman–Crippen LogP) is 5.65. The van der Waals surface area contributed by atoms with Gasteiger partial charge in [0.1, 0.15) is 18.5 Å². The molecule has 0 aromatic heterocycles. The number of halogens is 2. The van der Waals surface area contributed by atoms with Gasteiger partial charge < -0.3 is 9.84 Å². The number of benzene rings is 3. The van der Waals surface area contributed by atoms with E-state index in [1.54, 1.807) is 12.1 Å². The molecule has 1 N–H and O–H groups in total. The van der Waals surface area contributed by atoms with Gasteiger partial charge in [0.05, 0.1) is 0 Å². The summed E-state index contributed by atoms with van der Waals surface area (Å²) >= 11 is 12.0. The van der Waals surface area contributed by atoms with Gasteiger partial charge in [-0.25, -0.2) is 0 Å². The Morgan fingerprint density at radius 1 is 0.833 bits per heavy atom. The van der Waals surface area contributed by atoms with E-state index < -0.39 is 6.10 Å². The molecule has 0 aliphatic heterocycles. The van der Waals surface area contributed by atoms with Crippen LogP contribution in [0.2, 0.25) is 10.0 Å². The molecule has 3 aromatic carbocycles. The number of aliphatic hydroxyl groups excluding tert-OH is 1. The minimum Gasteiger partial charge on any atom is -0.489 e. The van der Waals surface area contributed by atoms with E-state index in [-0.39, 0.29) is 0 Å². The lowest BCUT2D eigenvalue weighted by Crippen LogP contribution is -2.00. The zero-order valence-electron chi connectivity index (χ0n) is 12.8. The molecule has 1 unspecified atom stereocenters. The van der Waals surface area contributed by atoms with Gasteiger partial charge in [0.25, 0.3) is 0 Å². The van der Waals surface area contributed by atoms with Crippen molar-refractivity contribution in [2.75, 3.05) is 0 Å².